The fourth-order valence-corrected chi connectivity index (χ4v) is 3.45. The van der Waals surface area contributed by atoms with Crippen LogP contribution >= 0.6 is 0 Å². The van der Waals surface area contributed by atoms with Gasteiger partial charge in [-0.2, -0.15) is 0 Å². The van der Waals surface area contributed by atoms with E-state index >= 15 is 0 Å². The van der Waals surface area contributed by atoms with Gasteiger partial charge in [-0.1, -0.05) is 91.0 Å². The number of nitrogens with one attached hydrogen (secondary N) is 1. The zero-order valence-corrected chi connectivity index (χ0v) is 17.2. The molecular weight excluding hydrogens is 358 g/mol. The quantitative estimate of drug-likeness (QED) is 0.540. The Balaban J connectivity index is 1.60. The molecule has 0 atom stereocenters. The third kappa shape index (κ3) is 6.58. The number of carbonyl (C=O) groups is 1. The first-order valence-corrected chi connectivity index (χ1v) is 10.1. The van der Waals surface area contributed by atoms with Gasteiger partial charge in [0.1, 0.15) is 0 Å². The smallest absolute Gasteiger partial charge is 0.221 e. The number of rotatable bonds is 9. The van der Waals surface area contributed by atoms with Crippen LogP contribution in [0.25, 0.3) is 0 Å². The average molecular weight is 388 g/mol. The first-order chi connectivity index (χ1) is 14.0. The molecule has 150 valence electrons. The summed E-state index contributed by atoms with van der Waals surface area (Å²) in [6.45, 7) is 4.98. The van der Waals surface area contributed by atoms with Crippen LogP contribution in [0.3, 0.4) is 0 Å². The van der Waals surface area contributed by atoms with Crippen molar-refractivity contribution in [1.29, 1.82) is 0 Å². The molecule has 3 aromatic rings. The van der Waals surface area contributed by atoms with Crippen LogP contribution in [-0.4, -0.2) is 18.1 Å². The van der Waals surface area contributed by atoms with Gasteiger partial charge in [0.05, 0.1) is 18.8 Å². The Hall–Kier alpha value is -2.91. The molecule has 3 aromatic carbocycles. The van der Waals surface area contributed by atoms with E-state index in [2.05, 4.69) is 29.6 Å². The van der Waals surface area contributed by atoms with Gasteiger partial charge in [-0.05, 0) is 30.5 Å². The van der Waals surface area contributed by atoms with Crippen LogP contribution in [0.4, 0.5) is 0 Å². The molecular formula is C26H29NO2. The Morgan fingerprint density at radius 3 is 1.83 bits per heavy atom. The Morgan fingerprint density at radius 2 is 1.31 bits per heavy atom. The van der Waals surface area contributed by atoms with Gasteiger partial charge in [0.25, 0.3) is 0 Å². The summed E-state index contributed by atoms with van der Waals surface area (Å²) in [7, 11) is 0. The summed E-state index contributed by atoms with van der Waals surface area (Å²) in [4.78, 5) is 12.9. The third-order valence-corrected chi connectivity index (χ3v) is 4.85. The van der Waals surface area contributed by atoms with Gasteiger partial charge in [-0.3, -0.25) is 4.79 Å². The van der Waals surface area contributed by atoms with Crippen molar-refractivity contribution >= 4 is 5.91 Å². The van der Waals surface area contributed by atoms with E-state index in [9.17, 15) is 4.79 Å². The molecule has 0 heterocycles. The van der Waals surface area contributed by atoms with Crippen molar-refractivity contribution in [3.8, 4) is 0 Å². The summed E-state index contributed by atoms with van der Waals surface area (Å²) in [6, 6.07) is 30.5. The van der Waals surface area contributed by atoms with Gasteiger partial charge in [0, 0.05) is 12.3 Å². The minimum Gasteiger partial charge on any atom is -0.374 e. The molecule has 1 N–H and O–H groups in total. The second kappa shape index (κ2) is 10.0. The number of carbonyl (C=O) groups excluding carboxylic acids is 1. The predicted molar refractivity (Wildman–Crippen MR) is 118 cm³/mol. The lowest BCUT2D eigenvalue weighted by Crippen LogP contribution is -2.47. The minimum atomic E-state index is -0.441. The third-order valence-electron chi connectivity index (χ3n) is 4.85. The van der Waals surface area contributed by atoms with E-state index in [0.29, 0.717) is 19.6 Å². The molecule has 0 spiro atoms. The minimum absolute atomic E-state index is 0.0241. The summed E-state index contributed by atoms with van der Waals surface area (Å²) in [5.41, 5.74) is 2.98. The number of hydrogen-bond acceptors (Lipinski definition) is 2. The van der Waals surface area contributed by atoms with Gasteiger partial charge < -0.3 is 10.1 Å². The first-order valence-electron chi connectivity index (χ1n) is 10.1. The highest BCUT2D eigenvalue weighted by Crippen LogP contribution is 2.28. The van der Waals surface area contributed by atoms with E-state index in [0.717, 1.165) is 16.7 Å². The van der Waals surface area contributed by atoms with Crippen LogP contribution in [0.5, 0.6) is 0 Å². The lowest BCUT2D eigenvalue weighted by molar-refractivity contribution is -0.123. The number of hydrogen-bond donors (Lipinski definition) is 1. The van der Waals surface area contributed by atoms with Crippen molar-refractivity contribution in [2.45, 2.75) is 38.3 Å². The fraction of sp³-hybridized carbons (Fsp3) is 0.269. The molecule has 0 fully saturated rings. The van der Waals surface area contributed by atoms with Crippen LogP contribution in [0.15, 0.2) is 91.0 Å². The number of benzene rings is 3. The van der Waals surface area contributed by atoms with Gasteiger partial charge in [0.15, 0.2) is 0 Å². The largest absolute Gasteiger partial charge is 0.374 e. The summed E-state index contributed by atoms with van der Waals surface area (Å²) < 4.78 is 5.84. The summed E-state index contributed by atoms with van der Waals surface area (Å²) in [5, 5.41) is 3.15. The highest BCUT2D eigenvalue weighted by Gasteiger charge is 2.24. The van der Waals surface area contributed by atoms with Crippen molar-refractivity contribution in [3.63, 3.8) is 0 Å². The molecule has 0 aliphatic carbocycles. The Bertz CT molecular complexity index is 837. The molecule has 3 heteroatoms. The molecule has 1 amide bonds. The van der Waals surface area contributed by atoms with Crippen molar-refractivity contribution in [2.75, 3.05) is 6.61 Å². The van der Waals surface area contributed by atoms with Gasteiger partial charge in [-0.25, -0.2) is 0 Å². The van der Waals surface area contributed by atoms with E-state index in [4.69, 9.17) is 4.74 Å². The van der Waals surface area contributed by atoms with Crippen LogP contribution in [0, 0.1) is 0 Å². The molecule has 3 nitrogen and oxygen atoms in total. The maximum absolute atomic E-state index is 12.9. The molecule has 3 rings (SSSR count). The van der Waals surface area contributed by atoms with Gasteiger partial charge >= 0.3 is 0 Å². The fourth-order valence-electron chi connectivity index (χ4n) is 3.45. The molecule has 0 bridgehead atoms. The lowest BCUT2D eigenvalue weighted by atomic mass is 9.88. The van der Waals surface area contributed by atoms with Crippen molar-refractivity contribution in [2.24, 2.45) is 0 Å². The second-order valence-corrected chi connectivity index (χ2v) is 7.99. The summed E-state index contributed by atoms with van der Waals surface area (Å²) in [6.07, 6.45) is 0.399. The standard InChI is InChI=1S/C26H29NO2/c1-26(2,20-29-19-21-12-6-3-7-13-21)27-25(28)18-24(22-14-8-4-9-15-22)23-16-10-5-11-17-23/h3-17,24H,18-20H2,1-2H3,(H,27,28). The molecule has 0 radical (unpaired) electrons. The highest BCUT2D eigenvalue weighted by atomic mass is 16.5. The summed E-state index contributed by atoms with van der Waals surface area (Å²) in [5.74, 6) is 0.0504. The van der Waals surface area contributed by atoms with E-state index in [-0.39, 0.29) is 11.8 Å². The Morgan fingerprint density at radius 1 is 0.828 bits per heavy atom. The van der Waals surface area contributed by atoms with E-state index in [1.54, 1.807) is 0 Å². The van der Waals surface area contributed by atoms with Gasteiger partial charge in [0.2, 0.25) is 5.91 Å². The SMILES string of the molecule is CC(C)(COCc1ccccc1)NC(=O)CC(c1ccccc1)c1ccccc1. The number of ether oxygens (including phenoxy) is 1. The topological polar surface area (TPSA) is 38.3 Å². The van der Waals surface area contributed by atoms with E-state index < -0.39 is 5.54 Å². The zero-order chi connectivity index (χ0) is 20.5. The molecule has 0 aliphatic heterocycles. The van der Waals surface area contributed by atoms with Crippen LogP contribution in [0.2, 0.25) is 0 Å². The van der Waals surface area contributed by atoms with Gasteiger partial charge in [-0.15, -0.1) is 0 Å². The van der Waals surface area contributed by atoms with Crippen molar-refractivity contribution in [3.05, 3.63) is 108 Å². The maximum Gasteiger partial charge on any atom is 0.221 e. The van der Waals surface area contributed by atoms with Crippen LogP contribution < -0.4 is 5.32 Å². The Kier molecular flexibility index (Phi) is 7.20. The first kappa shape index (κ1) is 20.8. The second-order valence-electron chi connectivity index (χ2n) is 7.99. The molecule has 29 heavy (non-hydrogen) atoms. The molecule has 0 aliphatic rings. The molecule has 0 aromatic heterocycles. The number of amides is 1. The van der Waals surface area contributed by atoms with E-state index in [1.165, 1.54) is 0 Å². The van der Waals surface area contributed by atoms with Crippen LogP contribution in [0.1, 0.15) is 42.9 Å². The predicted octanol–water partition coefficient (Wildman–Crippen LogP) is 5.32. The molecule has 0 unspecified atom stereocenters. The normalized spacial score (nSPS) is 11.4. The van der Waals surface area contributed by atoms with Crippen molar-refractivity contribution < 1.29 is 9.53 Å². The lowest BCUT2D eigenvalue weighted by Gasteiger charge is -2.27. The highest BCUT2D eigenvalue weighted by molar-refractivity contribution is 5.78. The molecule has 0 saturated carbocycles. The Labute approximate surface area is 173 Å². The summed E-state index contributed by atoms with van der Waals surface area (Å²) >= 11 is 0. The average Bonchev–Trinajstić information content (AvgIpc) is 2.73. The molecule has 0 saturated heterocycles. The maximum atomic E-state index is 12.9. The van der Waals surface area contributed by atoms with Crippen LogP contribution in [-0.2, 0) is 16.1 Å². The van der Waals surface area contributed by atoms with E-state index in [1.807, 2.05) is 80.6 Å². The zero-order valence-electron chi connectivity index (χ0n) is 17.2. The monoisotopic (exact) mass is 387 g/mol. The van der Waals surface area contributed by atoms with Crippen molar-refractivity contribution in [1.82, 2.24) is 5.32 Å².